The van der Waals surface area contributed by atoms with E-state index in [0.29, 0.717) is 19.4 Å². The van der Waals surface area contributed by atoms with Crippen molar-refractivity contribution in [1.29, 1.82) is 0 Å². The van der Waals surface area contributed by atoms with E-state index >= 15 is 0 Å². The summed E-state index contributed by atoms with van der Waals surface area (Å²) < 4.78 is 38.8. The summed E-state index contributed by atoms with van der Waals surface area (Å²) in [5, 5.41) is 10.6. The molecule has 2 aromatic heterocycles. The first-order valence-electron chi connectivity index (χ1n) is 16.6. The van der Waals surface area contributed by atoms with Gasteiger partial charge in [-0.15, -0.1) is 5.10 Å². The number of nitrogens with one attached hydrogen (secondary N) is 2. The molecule has 45 heavy (non-hydrogen) atoms. The van der Waals surface area contributed by atoms with E-state index in [1.54, 1.807) is 4.90 Å². The lowest BCUT2D eigenvalue weighted by Gasteiger charge is -2.55. The standard InChI is InChI=1S/C31H47FN8O4S/c1-45(43,44)23-18-39(19-23)30(42)21-9-13-38(14-10-21)26-24(16-34-20-31(26)11-7-5-3-2-4-6-8-12-31)36-29(41)25-27(33)37-40-17-22(32)15-35-28(25)40/h15,17,21,23-24,26,34H,2-14,16,18-20H2,1H3,(H2,33,37)(H,36,41). The van der Waals surface area contributed by atoms with E-state index in [-0.39, 0.29) is 65.3 Å². The lowest BCUT2D eigenvalue weighted by molar-refractivity contribution is -0.141. The minimum atomic E-state index is -3.14. The van der Waals surface area contributed by atoms with Crippen molar-refractivity contribution in [3.8, 4) is 0 Å². The highest BCUT2D eigenvalue weighted by atomic mass is 32.2. The van der Waals surface area contributed by atoms with E-state index in [4.69, 9.17) is 5.73 Å². The predicted octanol–water partition coefficient (Wildman–Crippen LogP) is 2.00. The Morgan fingerprint density at radius 1 is 1.07 bits per heavy atom. The Morgan fingerprint density at radius 3 is 2.36 bits per heavy atom. The number of likely N-dealkylation sites (tertiary alicyclic amines) is 2. The SMILES string of the molecule is CS(=O)(=O)C1CN(C(=O)C2CCN(C3C(NC(=O)c4c(N)nn5cc(F)cnc45)CNCC34CCCCCCCCC4)CC2)C1. The Morgan fingerprint density at radius 2 is 1.71 bits per heavy atom. The summed E-state index contributed by atoms with van der Waals surface area (Å²) in [7, 11) is -3.14. The number of rotatable bonds is 5. The first-order chi connectivity index (χ1) is 21.6. The van der Waals surface area contributed by atoms with E-state index in [9.17, 15) is 22.4 Å². The lowest BCUT2D eigenvalue weighted by Crippen LogP contribution is -2.69. The number of nitrogen functional groups attached to an aromatic ring is 1. The van der Waals surface area contributed by atoms with Crippen molar-refractivity contribution >= 4 is 33.1 Å². The van der Waals surface area contributed by atoms with Crippen LogP contribution in [0.15, 0.2) is 12.4 Å². The molecule has 2 atom stereocenters. The van der Waals surface area contributed by atoms with Gasteiger partial charge in [0.1, 0.15) is 5.56 Å². The number of nitrogens with zero attached hydrogens (tertiary/aromatic N) is 5. The molecule has 2 amide bonds. The van der Waals surface area contributed by atoms with Gasteiger partial charge in [-0.05, 0) is 38.8 Å². The van der Waals surface area contributed by atoms with Crippen LogP contribution in [0.5, 0.6) is 0 Å². The van der Waals surface area contributed by atoms with Gasteiger partial charge in [0.2, 0.25) is 5.91 Å². The van der Waals surface area contributed by atoms with Gasteiger partial charge in [0.15, 0.2) is 27.1 Å². The first-order valence-corrected chi connectivity index (χ1v) is 18.5. The molecule has 0 radical (unpaired) electrons. The van der Waals surface area contributed by atoms with E-state index in [0.717, 1.165) is 57.7 Å². The van der Waals surface area contributed by atoms with Gasteiger partial charge in [-0.25, -0.2) is 22.3 Å². The summed E-state index contributed by atoms with van der Waals surface area (Å²) in [6, 6.07) is -0.160. The predicted molar refractivity (Wildman–Crippen MR) is 169 cm³/mol. The molecule has 2 aromatic rings. The van der Waals surface area contributed by atoms with Crippen molar-refractivity contribution in [2.45, 2.75) is 88.0 Å². The summed E-state index contributed by atoms with van der Waals surface area (Å²) in [4.78, 5) is 35.4. The van der Waals surface area contributed by atoms with Gasteiger partial charge in [-0.3, -0.25) is 14.5 Å². The zero-order valence-corrected chi connectivity index (χ0v) is 27.0. The normalized spacial score (nSPS) is 26.0. The quantitative estimate of drug-likeness (QED) is 0.443. The third kappa shape index (κ3) is 6.69. The second-order valence-corrected chi connectivity index (χ2v) is 16.1. The van der Waals surface area contributed by atoms with Crippen LogP contribution in [0.3, 0.4) is 0 Å². The molecule has 3 aliphatic heterocycles. The molecule has 1 spiro atoms. The highest BCUT2D eigenvalue weighted by Gasteiger charge is 2.50. The minimum absolute atomic E-state index is 0.00255. The number of amides is 2. The smallest absolute Gasteiger partial charge is 0.259 e. The Kier molecular flexibility index (Phi) is 9.36. The topological polar surface area (TPSA) is 155 Å². The average molecular weight is 647 g/mol. The van der Waals surface area contributed by atoms with Crippen LogP contribution in [-0.4, -0.2) is 107 Å². The number of fused-ring (bicyclic) bond motifs is 1. The van der Waals surface area contributed by atoms with E-state index in [2.05, 4.69) is 25.6 Å². The third-order valence-corrected chi connectivity index (χ3v) is 12.3. The highest BCUT2D eigenvalue weighted by molar-refractivity contribution is 7.91. The Bertz CT molecular complexity index is 1490. The molecule has 1 saturated carbocycles. The molecular formula is C31H47FN8O4S. The number of nitrogens with two attached hydrogens (primary N) is 1. The van der Waals surface area contributed by atoms with E-state index in [1.807, 2.05) is 0 Å². The van der Waals surface area contributed by atoms with Gasteiger partial charge in [-0.1, -0.05) is 44.9 Å². The molecule has 0 aromatic carbocycles. The second kappa shape index (κ2) is 13.1. The number of hydrogen-bond donors (Lipinski definition) is 3. The maximum absolute atomic E-state index is 13.9. The molecule has 2 unspecified atom stereocenters. The number of carbonyl (C=O) groups excluding carboxylic acids is 2. The van der Waals surface area contributed by atoms with Gasteiger partial charge in [0, 0.05) is 49.8 Å². The van der Waals surface area contributed by atoms with Crippen LogP contribution in [-0.2, 0) is 14.6 Å². The molecule has 4 fully saturated rings. The Balaban J connectivity index is 1.22. The van der Waals surface area contributed by atoms with Crippen molar-refractivity contribution in [1.82, 2.24) is 35.0 Å². The number of aromatic nitrogens is 3. The van der Waals surface area contributed by atoms with Crippen molar-refractivity contribution < 1.29 is 22.4 Å². The Labute approximate surface area is 264 Å². The van der Waals surface area contributed by atoms with Crippen LogP contribution in [0, 0.1) is 17.2 Å². The number of halogens is 1. The van der Waals surface area contributed by atoms with E-state index < -0.39 is 20.9 Å². The number of sulfone groups is 1. The van der Waals surface area contributed by atoms with E-state index in [1.165, 1.54) is 42.9 Å². The summed E-state index contributed by atoms with van der Waals surface area (Å²) in [6.07, 6.45) is 15.5. The molecule has 1 aliphatic carbocycles. The minimum Gasteiger partial charge on any atom is -0.381 e. The van der Waals surface area contributed by atoms with Crippen molar-refractivity contribution in [3.63, 3.8) is 0 Å². The van der Waals surface area contributed by atoms with Gasteiger partial charge in [0.05, 0.1) is 23.7 Å². The van der Waals surface area contributed by atoms with Gasteiger partial charge in [-0.2, -0.15) is 0 Å². The zero-order chi connectivity index (χ0) is 31.8. The van der Waals surface area contributed by atoms with Gasteiger partial charge in [0.25, 0.3) is 5.91 Å². The van der Waals surface area contributed by atoms with Crippen LogP contribution in [0.2, 0.25) is 0 Å². The number of piperidine rings is 2. The summed E-state index contributed by atoms with van der Waals surface area (Å²) in [6.45, 7) is 3.52. The third-order valence-electron chi connectivity index (χ3n) is 10.7. The molecule has 6 rings (SSSR count). The molecule has 14 heteroatoms. The van der Waals surface area contributed by atoms with Crippen LogP contribution >= 0.6 is 0 Å². The second-order valence-electron chi connectivity index (χ2n) is 13.8. The molecule has 12 nitrogen and oxygen atoms in total. The fourth-order valence-corrected chi connectivity index (χ4v) is 9.19. The van der Waals surface area contributed by atoms with Crippen LogP contribution < -0.4 is 16.4 Å². The van der Waals surface area contributed by atoms with Crippen molar-refractivity contribution in [2.75, 3.05) is 51.3 Å². The number of carbonyl (C=O) groups is 2. The monoisotopic (exact) mass is 646 g/mol. The number of hydrogen-bond acceptors (Lipinski definition) is 9. The summed E-state index contributed by atoms with van der Waals surface area (Å²) in [5.41, 5.74) is 6.47. The average Bonchev–Trinajstić information content (AvgIpc) is 3.30. The van der Waals surface area contributed by atoms with Crippen LogP contribution in [0.1, 0.15) is 81.0 Å². The molecule has 248 valence electrons. The molecule has 4 aliphatic rings. The summed E-state index contributed by atoms with van der Waals surface area (Å²) >= 11 is 0. The van der Waals surface area contributed by atoms with Crippen molar-refractivity contribution in [2.24, 2.45) is 11.3 Å². The molecule has 0 bridgehead atoms. The molecule has 5 heterocycles. The largest absolute Gasteiger partial charge is 0.381 e. The fraction of sp³-hybridized carbons (Fsp3) is 0.742. The Hall–Kier alpha value is -2.84. The fourth-order valence-electron chi connectivity index (χ4n) is 8.29. The zero-order valence-electron chi connectivity index (χ0n) is 26.2. The number of anilines is 1. The molecule has 3 saturated heterocycles. The highest BCUT2D eigenvalue weighted by Crippen LogP contribution is 2.43. The summed E-state index contributed by atoms with van der Waals surface area (Å²) in [5.74, 6) is -1.01. The lowest BCUT2D eigenvalue weighted by atomic mass is 9.66. The van der Waals surface area contributed by atoms with Gasteiger partial charge >= 0.3 is 0 Å². The maximum Gasteiger partial charge on any atom is 0.259 e. The molecule has 4 N–H and O–H groups in total. The maximum atomic E-state index is 13.9. The molecular weight excluding hydrogens is 599 g/mol. The first kappa shape index (κ1) is 32.1. The van der Waals surface area contributed by atoms with Crippen molar-refractivity contribution in [3.05, 3.63) is 23.8 Å². The van der Waals surface area contributed by atoms with Crippen LogP contribution in [0.25, 0.3) is 5.65 Å². The van der Waals surface area contributed by atoms with Crippen LogP contribution in [0.4, 0.5) is 10.2 Å². The van der Waals surface area contributed by atoms with Gasteiger partial charge < -0.3 is 21.3 Å².